The molecule has 20 heavy (non-hydrogen) atoms. The van der Waals surface area contributed by atoms with Gasteiger partial charge < -0.3 is 10.3 Å². The molecule has 0 radical (unpaired) electrons. The summed E-state index contributed by atoms with van der Waals surface area (Å²) in [5.74, 6) is 0. The molecule has 0 saturated heterocycles. The number of rotatable bonds is 4. The van der Waals surface area contributed by atoms with Crippen molar-refractivity contribution >= 4 is 39.8 Å². The van der Waals surface area contributed by atoms with Crippen LogP contribution in [0.25, 0.3) is 10.9 Å². The number of hydrogen-bond acceptors (Lipinski definition) is 2. The fourth-order valence-corrected chi connectivity index (χ4v) is 2.73. The molecule has 2 aromatic heterocycles. The molecule has 3 nitrogen and oxygen atoms in total. The third-order valence-corrected chi connectivity index (χ3v) is 3.86. The molecule has 0 aliphatic rings. The first kappa shape index (κ1) is 13.3. The minimum atomic E-state index is 0.611. The van der Waals surface area contributed by atoms with Gasteiger partial charge in [-0.05, 0) is 36.2 Å². The second-order valence-electron chi connectivity index (χ2n) is 4.54. The van der Waals surface area contributed by atoms with Crippen LogP contribution in [-0.2, 0) is 6.42 Å². The fraction of sp³-hybridized carbons (Fsp3) is 0.133. The van der Waals surface area contributed by atoms with E-state index < -0.39 is 0 Å². The molecular formula is C15H13Cl2N3. The van der Waals surface area contributed by atoms with Crippen LogP contribution in [-0.4, -0.2) is 16.5 Å². The van der Waals surface area contributed by atoms with Crippen molar-refractivity contribution in [3.8, 4) is 0 Å². The van der Waals surface area contributed by atoms with E-state index in [9.17, 15) is 0 Å². The fourth-order valence-electron chi connectivity index (χ4n) is 2.17. The topological polar surface area (TPSA) is 40.7 Å². The van der Waals surface area contributed by atoms with Crippen molar-refractivity contribution < 1.29 is 0 Å². The van der Waals surface area contributed by atoms with Gasteiger partial charge in [-0.3, -0.25) is 4.98 Å². The minimum Gasteiger partial charge on any atom is -0.385 e. The normalized spacial score (nSPS) is 10.9. The highest BCUT2D eigenvalue weighted by molar-refractivity contribution is 6.35. The van der Waals surface area contributed by atoms with Crippen molar-refractivity contribution in [1.29, 1.82) is 0 Å². The van der Waals surface area contributed by atoms with Gasteiger partial charge in [0.15, 0.2) is 0 Å². The Kier molecular flexibility index (Phi) is 3.81. The van der Waals surface area contributed by atoms with Gasteiger partial charge in [0.2, 0.25) is 0 Å². The zero-order chi connectivity index (χ0) is 13.9. The Hall–Kier alpha value is -1.71. The quantitative estimate of drug-likeness (QED) is 0.744. The third kappa shape index (κ3) is 2.74. The second-order valence-corrected chi connectivity index (χ2v) is 5.35. The summed E-state index contributed by atoms with van der Waals surface area (Å²) in [6, 6.07) is 8.28. The van der Waals surface area contributed by atoms with Gasteiger partial charge in [0.25, 0.3) is 0 Å². The molecule has 0 aliphatic carbocycles. The van der Waals surface area contributed by atoms with Crippen LogP contribution in [0.5, 0.6) is 0 Å². The van der Waals surface area contributed by atoms with Crippen LogP contribution in [0.4, 0.5) is 5.69 Å². The van der Waals surface area contributed by atoms with E-state index in [1.807, 2.05) is 6.20 Å². The van der Waals surface area contributed by atoms with Gasteiger partial charge in [-0.25, -0.2) is 0 Å². The lowest BCUT2D eigenvalue weighted by molar-refractivity contribution is 1.01. The highest BCUT2D eigenvalue weighted by Gasteiger charge is 2.05. The van der Waals surface area contributed by atoms with Crippen molar-refractivity contribution in [1.82, 2.24) is 9.97 Å². The summed E-state index contributed by atoms with van der Waals surface area (Å²) in [6.07, 6.45) is 5.93. The number of fused-ring (bicyclic) bond motifs is 1. The molecule has 3 aromatic rings. The molecule has 0 aliphatic heterocycles. The number of pyridine rings is 1. The monoisotopic (exact) mass is 305 g/mol. The summed E-state index contributed by atoms with van der Waals surface area (Å²) in [6.45, 7) is 0.763. The Bertz CT molecular complexity index is 717. The maximum atomic E-state index is 6.10. The predicted molar refractivity (Wildman–Crippen MR) is 84.7 cm³/mol. The van der Waals surface area contributed by atoms with E-state index in [0.29, 0.717) is 10.0 Å². The lowest BCUT2D eigenvalue weighted by atomic mass is 10.2. The Morgan fingerprint density at radius 2 is 1.90 bits per heavy atom. The number of hydrogen-bond donors (Lipinski definition) is 2. The zero-order valence-electron chi connectivity index (χ0n) is 10.7. The smallest absolute Gasteiger partial charge is 0.0636 e. The molecule has 0 unspecified atom stereocenters. The summed E-state index contributed by atoms with van der Waals surface area (Å²) in [7, 11) is 0. The highest BCUT2D eigenvalue weighted by atomic mass is 35.5. The van der Waals surface area contributed by atoms with Gasteiger partial charge in [-0.1, -0.05) is 23.2 Å². The van der Waals surface area contributed by atoms with Gasteiger partial charge in [0.05, 0.1) is 10.0 Å². The zero-order valence-corrected chi connectivity index (χ0v) is 12.2. The first-order chi connectivity index (χ1) is 9.74. The van der Waals surface area contributed by atoms with Crippen LogP contribution in [0.3, 0.4) is 0 Å². The Labute approximate surface area is 126 Å². The number of aromatic amines is 1. The van der Waals surface area contributed by atoms with Crippen molar-refractivity contribution in [3.63, 3.8) is 0 Å². The molecule has 0 atom stereocenters. The summed E-state index contributed by atoms with van der Waals surface area (Å²) in [5.41, 5.74) is 3.15. The van der Waals surface area contributed by atoms with Crippen LogP contribution >= 0.6 is 23.2 Å². The first-order valence-electron chi connectivity index (χ1n) is 6.33. The maximum absolute atomic E-state index is 6.10. The summed E-state index contributed by atoms with van der Waals surface area (Å²) < 4.78 is 0. The van der Waals surface area contributed by atoms with E-state index in [1.54, 1.807) is 12.4 Å². The number of benzene rings is 1. The van der Waals surface area contributed by atoms with Crippen LogP contribution in [0.15, 0.2) is 42.9 Å². The largest absolute Gasteiger partial charge is 0.385 e. The van der Waals surface area contributed by atoms with E-state index in [1.165, 1.54) is 5.39 Å². The summed E-state index contributed by atoms with van der Waals surface area (Å²) in [4.78, 5) is 7.13. The van der Waals surface area contributed by atoms with Crippen molar-refractivity contribution in [2.75, 3.05) is 11.9 Å². The van der Waals surface area contributed by atoms with Crippen LogP contribution in [0.2, 0.25) is 10.0 Å². The molecule has 0 spiro atoms. The molecule has 2 N–H and O–H groups in total. The average Bonchev–Trinajstić information content (AvgIpc) is 2.89. The van der Waals surface area contributed by atoms with Gasteiger partial charge in [0.1, 0.15) is 0 Å². The second kappa shape index (κ2) is 5.73. The molecule has 0 fully saturated rings. The van der Waals surface area contributed by atoms with E-state index in [0.717, 1.165) is 29.7 Å². The van der Waals surface area contributed by atoms with Crippen molar-refractivity contribution in [2.24, 2.45) is 0 Å². The van der Waals surface area contributed by atoms with Crippen molar-refractivity contribution in [2.45, 2.75) is 6.42 Å². The first-order valence-corrected chi connectivity index (χ1v) is 7.08. The number of halogens is 2. The number of H-pyrrole nitrogens is 1. The van der Waals surface area contributed by atoms with Crippen LogP contribution < -0.4 is 5.32 Å². The lowest BCUT2D eigenvalue weighted by Crippen LogP contribution is -2.05. The van der Waals surface area contributed by atoms with E-state index >= 15 is 0 Å². The maximum Gasteiger partial charge on any atom is 0.0636 e. The molecular weight excluding hydrogens is 293 g/mol. The van der Waals surface area contributed by atoms with E-state index in [4.69, 9.17) is 23.2 Å². The van der Waals surface area contributed by atoms with Gasteiger partial charge in [-0.2, -0.15) is 0 Å². The number of nitrogens with zero attached hydrogens (tertiary/aromatic N) is 1. The van der Waals surface area contributed by atoms with Gasteiger partial charge >= 0.3 is 0 Å². The number of aromatic nitrogens is 2. The average molecular weight is 306 g/mol. The minimum absolute atomic E-state index is 0.611. The molecule has 102 valence electrons. The Morgan fingerprint density at radius 1 is 1.10 bits per heavy atom. The molecule has 2 heterocycles. The standard InChI is InChI=1S/C15H13Cl2N3/c16-13-8-18-9-14(17)12(13)4-6-19-11-1-2-15-10(7-11)3-5-20-15/h1-3,5,7-9,19-20H,4,6H2. The molecule has 0 amide bonds. The molecule has 3 rings (SSSR count). The molecule has 1 aromatic carbocycles. The summed E-state index contributed by atoms with van der Waals surface area (Å²) in [5, 5.41) is 5.79. The van der Waals surface area contributed by atoms with Crippen LogP contribution in [0, 0.1) is 0 Å². The lowest BCUT2D eigenvalue weighted by Gasteiger charge is -2.09. The van der Waals surface area contributed by atoms with Gasteiger partial charge in [-0.15, -0.1) is 0 Å². The predicted octanol–water partition coefficient (Wildman–Crippen LogP) is 4.52. The third-order valence-electron chi connectivity index (χ3n) is 3.21. The van der Waals surface area contributed by atoms with E-state index in [2.05, 4.69) is 39.6 Å². The van der Waals surface area contributed by atoms with Gasteiger partial charge in [0, 0.05) is 41.7 Å². The van der Waals surface area contributed by atoms with E-state index in [-0.39, 0.29) is 0 Å². The number of anilines is 1. The number of nitrogens with one attached hydrogen (secondary N) is 2. The Balaban J connectivity index is 1.67. The SMILES string of the molecule is Clc1cncc(Cl)c1CCNc1ccc2[nH]ccc2c1. The highest BCUT2D eigenvalue weighted by Crippen LogP contribution is 2.23. The van der Waals surface area contributed by atoms with Crippen molar-refractivity contribution in [3.05, 3.63) is 58.5 Å². The molecule has 0 saturated carbocycles. The summed E-state index contributed by atoms with van der Waals surface area (Å²) >= 11 is 12.2. The molecule has 5 heteroatoms. The molecule has 0 bridgehead atoms. The Morgan fingerprint density at radius 3 is 2.70 bits per heavy atom. The van der Waals surface area contributed by atoms with Crippen LogP contribution in [0.1, 0.15) is 5.56 Å².